The predicted octanol–water partition coefficient (Wildman–Crippen LogP) is 2.98. The molecule has 0 aliphatic carbocycles. The van der Waals surface area contributed by atoms with Gasteiger partial charge in [0.1, 0.15) is 5.75 Å². The molecule has 0 atom stereocenters. The fourth-order valence-corrected chi connectivity index (χ4v) is 2.01. The minimum atomic E-state index is -0.942. The maximum atomic E-state index is 10.7. The molecule has 1 heterocycles. The largest absolute Gasteiger partial charge is 0.491 e. The van der Waals surface area contributed by atoms with Gasteiger partial charge in [0, 0.05) is 11.6 Å². The molecule has 1 aromatic carbocycles. The molecule has 0 aromatic heterocycles. The van der Waals surface area contributed by atoms with Gasteiger partial charge in [0.15, 0.2) is 0 Å². The van der Waals surface area contributed by atoms with Gasteiger partial charge in [0.05, 0.1) is 11.6 Å². The summed E-state index contributed by atoms with van der Waals surface area (Å²) in [4.78, 5) is 10.7. The van der Waals surface area contributed by atoms with Crippen LogP contribution in [0.4, 0.5) is 0 Å². The second-order valence-electron chi connectivity index (χ2n) is 3.58. The van der Waals surface area contributed by atoms with Gasteiger partial charge in [-0.05, 0) is 24.5 Å². The summed E-state index contributed by atoms with van der Waals surface area (Å²) in [6, 6.07) is 5.37. The standard InChI is InChI=1S/C12H11ClO3/c13-10-5-1-4-9-8(7-11(14)15)3-2-6-16-12(9)10/h1,4-5,7H,2-3,6H2,(H,14,15)/b8-7+. The van der Waals surface area contributed by atoms with E-state index in [0.717, 1.165) is 17.6 Å². The zero-order chi connectivity index (χ0) is 11.5. The second-order valence-corrected chi connectivity index (χ2v) is 3.98. The Bertz CT molecular complexity index is 452. The summed E-state index contributed by atoms with van der Waals surface area (Å²) >= 11 is 6.02. The van der Waals surface area contributed by atoms with Crippen LogP contribution in [-0.2, 0) is 4.79 Å². The first-order valence-electron chi connectivity index (χ1n) is 5.03. The third kappa shape index (κ3) is 2.19. The lowest BCUT2D eigenvalue weighted by Crippen LogP contribution is -1.95. The number of hydrogen-bond acceptors (Lipinski definition) is 2. The molecule has 0 unspecified atom stereocenters. The number of allylic oxidation sites excluding steroid dienone is 1. The number of carboxylic acids is 1. The lowest BCUT2D eigenvalue weighted by molar-refractivity contribution is -0.131. The summed E-state index contributed by atoms with van der Waals surface area (Å²) in [5, 5.41) is 9.33. The van der Waals surface area contributed by atoms with Gasteiger partial charge in [-0.2, -0.15) is 0 Å². The predicted molar refractivity (Wildman–Crippen MR) is 61.8 cm³/mol. The lowest BCUT2D eigenvalue weighted by atomic mass is 10.0. The topological polar surface area (TPSA) is 46.5 Å². The molecule has 0 spiro atoms. The van der Waals surface area contributed by atoms with Crippen molar-refractivity contribution in [1.82, 2.24) is 0 Å². The normalized spacial score (nSPS) is 17.4. The highest BCUT2D eigenvalue weighted by Crippen LogP contribution is 2.37. The smallest absolute Gasteiger partial charge is 0.328 e. The number of fused-ring (bicyclic) bond motifs is 1. The summed E-state index contributed by atoms with van der Waals surface area (Å²) in [6.07, 6.45) is 2.72. The van der Waals surface area contributed by atoms with Crippen LogP contribution < -0.4 is 4.74 Å². The molecule has 0 saturated carbocycles. The van der Waals surface area contributed by atoms with Crippen molar-refractivity contribution in [2.24, 2.45) is 0 Å². The molecule has 0 saturated heterocycles. The molecular weight excluding hydrogens is 228 g/mol. The van der Waals surface area contributed by atoms with Crippen LogP contribution in [0.15, 0.2) is 24.3 Å². The highest BCUT2D eigenvalue weighted by molar-refractivity contribution is 6.32. The Balaban J connectivity index is 2.53. The molecule has 0 fully saturated rings. The van der Waals surface area contributed by atoms with E-state index in [1.165, 1.54) is 6.08 Å². The fraction of sp³-hybridized carbons (Fsp3) is 0.250. The van der Waals surface area contributed by atoms with E-state index in [0.29, 0.717) is 23.8 Å². The summed E-state index contributed by atoms with van der Waals surface area (Å²) in [5.41, 5.74) is 1.55. The molecule has 1 aromatic rings. The average molecular weight is 239 g/mol. The highest BCUT2D eigenvalue weighted by Gasteiger charge is 2.16. The van der Waals surface area contributed by atoms with Crippen molar-refractivity contribution < 1.29 is 14.6 Å². The molecule has 16 heavy (non-hydrogen) atoms. The van der Waals surface area contributed by atoms with Crippen LogP contribution >= 0.6 is 11.6 Å². The van der Waals surface area contributed by atoms with Crippen LogP contribution in [-0.4, -0.2) is 17.7 Å². The molecule has 0 bridgehead atoms. The van der Waals surface area contributed by atoms with E-state index in [1.54, 1.807) is 12.1 Å². The van der Waals surface area contributed by atoms with Crippen LogP contribution in [0.5, 0.6) is 5.75 Å². The Morgan fingerprint density at radius 3 is 3.06 bits per heavy atom. The van der Waals surface area contributed by atoms with E-state index >= 15 is 0 Å². The van der Waals surface area contributed by atoms with Gasteiger partial charge >= 0.3 is 5.97 Å². The molecular formula is C12H11ClO3. The highest BCUT2D eigenvalue weighted by atomic mass is 35.5. The van der Waals surface area contributed by atoms with Crippen LogP contribution in [0.3, 0.4) is 0 Å². The van der Waals surface area contributed by atoms with E-state index in [-0.39, 0.29) is 0 Å². The van der Waals surface area contributed by atoms with Gasteiger partial charge in [-0.15, -0.1) is 0 Å². The van der Waals surface area contributed by atoms with Gasteiger partial charge in [0.25, 0.3) is 0 Å². The molecule has 0 amide bonds. The summed E-state index contributed by atoms with van der Waals surface area (Å²) < 4.78 is 5.53. The molecule has 4 heteroatoms. The molecule has 1 aliphatic heterocycles. The molecule has 1 N–H and O–H groups in total. The number of benzene rings is 1. The molecule has 1 aliphatic rings. The Morgan fingerprint density at radius 2 is 2.31 bits per heavy atom. The number of ether oxygens (including phenoxy) is 1. The second kappa shape index (κ2) is 4.58. The average Bonchev–Trinajstić information content (AvgIpc) is 2.42. The summed E-state index contributed by atoms with van der Waals surface area (Å²) in [5.74, 6) is -0.350. The first-order valence-corrected chi connectivity index (χ1v) is 5.41. The quantitative estimate of drug-likeness (QED) is 0.765. The molecule has 84 valence electrons. The number of halogens is 1. The maximum absolute atomic E-state index is 10.7. The number of hydrogen-bond donors (Lipinski definition) is 1. The van der Waals surface area contributed by atoms with Crippen molar-refractivity contribution in [3.8, 4) is 5.75 Å². The van der Waals surface area contributed by atoms with E-state index in [9.17, 15) is 4.79 Å². The summed E-state index contributed by atoms with van der Waals surface area (Å²) in [7, 11) is 0. The molecule has 0 radical (unpaired) electrons. The number of carboxylic acid groups (broad SMARTS) is 1. The van der Waals surface area contributed by atoms with Gasteiger partial charge < -0.3 is 9.84 Å². The minimum absolute atomic E-state index is 0.524. The van der Waals surface area contributed by atoms with Gasteiger partial charge in [-0.1, -0.05) is 23.7 Å². The van der Waals surface area contributed by atoms with Crippen LogP contribution in [0, 0.1) is 0 Å². The molecule has 3 nitrogen and oxygen atoms in total. The van der Waals surface area contributed by atoms with Crippen LogP contribution in [0.25, 0.3) is 5.57 Å². The van der Waals surface area contributed by atoms with Crippen molar-refractivity contribution in [3.05, 3.63) is 34.9 Å². The first kappa shape index (κ1) is 11.0. The van der Waals surface area contributed by atoms with E-state index in [4.69, 9.17) is 21.4 Å². The number of para-hydroxylation sites is 1. The lowest BCUT2D eigenvalue weighted by Gasteiger charge is -2.09. The minimum Gasteiger partial charge on any atom is -0.491 e. The van der Waals surface area contributed by atoms with E-state index < -0.39 is 5.97 Å². The van der Waals surface area contributed by atoms with Crippen molar-refractivity contribution in [1.29, 1.82) is 0 Å². The van der Waals surface area contributed by atoms with E-state index in [2.05, 4.69) is 0 Å². The fourth-order valence-electron chi connectivity index (χ4n) is 1.78. The Labute approximate surface area is 98.3 Å². The van der Waals surface area contributed by atoms with Gasteiger partial charge in [-0.25, -0.2) is 4.79 Å². The summed E-state index contributed by atoms with van der Waals surface area (Å²) in [6.45, 7) is 0.563. The van der Waals surface area contributed by atoms with E-state index in [1.807, 2.05) is 6.07 Å². The van der Waals surface area contributed by atoms with Crippen LogP contribution in [0.2, 0.25) is 5.02 Å². The first-order chi connectivity index (χ1) is 7.68. The number of carbonyl (C=O) groups is 1. The van der Waals surface area contributed by atoms with Crippen molar-refractivity contribution in [3.63, 3.8) is 0 Å². The zero-order valence-electron chi connectivity index (χ0n) is 8.57. The Kier molecular flexibility index (Phi) is 3.15. The number of rotatable bonds is 1. The maximum Gasteiger partial charge on any atom is 0.328 e. The van der Waals surface area contributed by atoms with Gasteiger partial charge in [0.2, 0.25) is 0 Å². The van der Waals surface area contributed by atoms with Crippen molar-refractivity contribution in [2.75, 3.05) is 6.61 Å². The molecule has 2 rings (SSSR count). The van der Waals surface area contributed by atoms with Crippen molar-refractivity contribution >= 4 is 23.1 Å². The Hall–Kier alpha value is -1.48. The third-order valence-electron chi connectivity index (χ3n) is 2.45. The zero-order valence-corrected chi connectivity index (χ0v) is 9.33. The van der Waals surface area contributed by atoms with Crippen LogP contribution in [0.1, 0.15) is 18.4 Å². The Morgan fingerprint density at radius 1 is 1.50 bits per heavy atom. The third-order valence-corrected chi connectivity index (χ3v) is 2.75. The van der Waals surface area contributed by atoms with Crippen molar-refractivity contribution in [2.45, 2.75) is 12.8 Å². The number of aliphatic carboxylic acids is 1. The monoisotopic (exact) mass is 238 g/mol. The SMILES string of the molecule is O=C(O)/C=C1\CCCOc2c(Cl)cccc21. The van der Waals surface area contributed by atoms with Gasteiger partial charge in [-0.3, -0.25) is 0 Å².